The van der Waals surface area contributed by atoms with Gasteiger partial charge < -0.3 is 19.4 Å². The minimum atomic E-state index is -0.0946. The Bertz CT molecular complexity index is 874. The highest BCUT2D eigenvalue weighted by Crippen LogP contribution is 2.37. The van der Waals surface area contributed by atoms with Crippen LogP contribution in [0, 0.1) is 0 Å². The number of anilines is 2. The fourth-order valence-corrected chi connectivity index (χ4v) is 3.58. The molecule has 6 heteroatoms. The first-order valence-corrected chi connectivity index (χ1v) is 8.63. The van der Waals surface area contributed by atoms with Gasteiger partial charge in [-0.15, -0.1) is 0 Å². The first-order valence-electron chi connectivity index (χ1n) is 8.63. The van der Waals surface area contributed by atoms with Crippen LogP contribution in [0.2, 0.25) is 0 Å². The number of hydrogen-bond acceptors (Lipinski definition) is 5. The second-order valence-corrected chi connectivity index (χ2v) is 6.77. The molecule has 0 saturated heterocycles. The van der Waals surface area contributed by atoms with E-state index in [2.05, 4.69) is 26.9 Å². The van der Waals surface area contributed by atoms with E-state index in [1.165, 1.54) is 11.3 Å². The first-order chi connectivity index (χ1) is 12.6. The van der Waals surface area contributed by atoms with Crippen LogP contribution in [0.4, 0.5) is 11.4 Å². The van der Waals surface area contributed by atoms with Crippen molar-refractivity contribution in [2.45, 2.75) is 13.1 Å². The Morgan fingerprint density at radius 1 is 1.12 bits per heavy atom. The number of nitrogens with zero attached hydrogens (tertiary/aromatic N) is 4. The van der Waals surface area contributed by atoms with Gasteiger partial charge in [-0.25, -0.2) is 0 Å². The van der Waals surface area contributed by atoms with Gasteiger partial charge in [0.05, 0.1) is 19.3 Å². The van der Waals surface area contributed by atoms with Crippen LogP contribution in [0.15, 0.2) is 47.5 Å². The minimum Gasteiger partial charge on any atom is -0.497 e. The third-order valence-corrected chi connectivity index (χ3v) is 4.82. The molecule has 0 N–H and O–H groups in total. The third kappa shape index (κ3) is 2.77. The molecule has 0 atom stereocenters. The molecule has 0 unspecified atom stereocenters. The van der Waals surface area contributed by atoms with Gasteiger partial charge in [0, 0.05) is 31.9 Å². The molecule has 0 saturated carbocycles. The summed E-state index contributed by atoms with van der Waals surface area (Å²) >= 11 is 0. The summed E-state index contributed by atoms with van der Waals surface area (Å²) < 4.78 is 5.24. The molecule has 0 spiro atoms. The van der Waals surface area contributed by atoms with Crippen LogP contribution in [-0.4, -0.2) is 44.5 Å². The van der Waals surface area contributed by atoms with Crippen molar-refractivity contribution in [3.8, 4) is 5.75 Å². The van der Waals surface area contributed by atoms with Crippen LogP contribution in [0.5, 0.6) is 5.75 Å². The monoisotopic (exact) mass is 350 g/mol. The molecule has 134 valence electrons. The third-order valence-electron chi connectivity index (χ3n) is 4.82. The number of amides is 1. The predicted molar refractivity (Wildman–Crippen MR) is 103 cm³/mol. The Morgan fingerprint density at radius 3 is 2.58 bits per heavy atom. The SMILES string of the molecule is COc1ccc(CN2Cc3c(N(C)C)cccc3N3CC(=O)N=C23)cc1. The molecule has 2 aromatic carbocycles. The number of guanidine groups is 1. The maximum Gasteiger partial charge on any atom is 0.268 e. The van der Waals surface area contributed by atoms with Crippen molar-refractivity contribution in [3.05, 3.63) is 53.6 Å². The number of rotatable bonds is 4. The van der Waals surface area contributed by atoms with Gasteiger partial charge in [0.15, 0.2) is 0 Å². The smallest absolute Gasteiger partial charge is 0.268 e. The lowest BCUT2D eigenvalue weighted by molar-refractivity contribution is -0.115. The van der Waals surface area contributed by atoms with Crippen LogP contribution in [0.3, 0.4) is 0 Å². The summed E-state index contributed by atoms with van der Waals surface area (Å²) in [6.07, 6.45) is 0. The standard InChI is InChI=1S/C20H22N4O2/c1-22(2)17-5-4-6-18-16(17)12-23(20-21-19(25)13-24(18)20)11-14-7-9-15(26-3)10-8-14/h4-10H,11-13H2,1-3H3. The predicted octanol–water partition coefficient (Wildman–Crippen LogP) is 2.48. The zero-order chi connectivity index (χ0) is 18.3. The number of methoxy groups -OCH3 is 1. The Labute approximate surface area is 153 Å². The van der Waals surface area contributed by atoms with Crippen molar-refractivity contribution in [1.29, 1.82) is 0 Å². The Hall–Kier alpha value is -3.02. The molecule has 0 aromatic heterocycles. The summed E-state index contributed by atoms with van der Waals surface area (Å²) in [5, 5.41) is 0. The van der Waals surface area contributed by atoms with E-state index in [9.17, 15) is 4.79 Å². The normalized spacial score (nSPS) is 15.5. The first kappa shape index (κ1) is 16.4. The summed E-state index contributed by atoms with van der Waals surface area (Å²) in [7, 11) is 5.75. The van der Waals surface area contributed by atoms with Gasteiger partial charge in [-0.05, 0) is 29.8 Å². The van der Waals surface area contributed by atoms with Crippen molar-refractivity contribution >= 4 is 23.2 Å². The lowest BCUT2D eigenvalue weighted by Crippen LogP contribution is -2.46. The molecular formula is C20H22N4O2. The van der Waals surface area contributed by atoms with Crippen molar-refractivity contribution in [3.63, 3.8) is 0 Å². The maximum absolute atomic E-state index is 12.0. The van der Waals surface area contributed by atoms with Gasteiger partial charge in [-0.3, -0.25) is 4.79 Å². The van der Waals surface area contributed by atoms with Crippen LogP contribution in [-0.2, 0) is 17.9 Å². The molecule has 2 aromatic rings. The number of ether oxygens (including phenoxy) is 1. The zero-order valence-electron chi connectivity index (χ0n) is 15.3. The van der Waals surface area contributed by atoms with Gasteiger partial charge in [-0.1, -0.05) is 18.2 Å². The molecule has 2 heterocycles. The van der Waals surface area contributed by atoms with Gasteiger partial charge in [0.2, 0.25) is 5.96 Å². The van der Waals surface area contributed by atoms with E-state index in [4.69, 9.17) is 4.74 Å². The minimum absolute atomic E-state index is 0.0946. The van der Waals surface area contributed by atoms with Crippen LogP contribution < -0.4 is 14.5 Å². The van der Waals surface area contributed by atoms with Gasteiger partial charge in [0.25, 0.3) is 5.91 Å². The topological polar surface area (TPSA) is 48.4 Å². The molecule has 2 aliphatic rings. The summed E-state index contributed by atoms with van der Waals surface area (Å²) in [6, 6.07) is 14.2. The molecule has 6 nitrogen and oxygen atoms in total. The summed E-state index contributed by atoms with van der Waals surface area (Å²) in [5.41, 5.74) is 4.62. The second kappa shape index (κ2) is 6.37. The molecule has 2 aliphatic heterocycles. The molecule has 0 fully saturated rings. The zero-order valence-corrected chi connectivity index (χ0v) is 15.3. The summed E-state index contributed by atoms with van der Waals surface area (Å²) in [4.78, 5) is 22.6. The fraction of sp³-hybridized carbons (Fsp3) is 0.300. The lowest BCUT2D eigenvalue weighted by Gasteiger charge is -2.38. The number of benzene rings is 2. The Kier molecular flexibility index (Phi) is 4.03. The lowest BCUT2D eigenvalue weighted by atomic mass is 10.0. The molecule has 0 radical (unpaired) electrons. The van der Waals surface area contributed by atoms with Gasteiger partial charge in [0.1, 0.15) is 12.3 Å². The van der Waals surface area contributed by atoms with Crippen molar-refractivity contribution in [1.82, 2.24) is 4.90 Å². The van der Waals surface area contributed by atoms with Crippen LogP contribution in [0.1, 0.15) is 11.1 Å². The molecule has 0 aliphatic carbocycles. The highest BCUT2D eigenvalue weighted by molar-refractivity contribution is 6.13. The fourth-order valence-electron chi connectivity index (χ4n) is 3.58. The number of carbonyl (C=O) groups is 1. The molecule has 26 heavy (non-hydrogen) atoms. The van der Waals surface area contributed by atoms with E-state index in [1.54, 1.807) is 7.11 Å². The van der Waals surface area contributed by atoms with E-state index < -0.39 is 0 Å². The average molecular weight is 350 g/mol. The number of fused-ring (bicyclic) bond motifs is 3. The van der Waals surface area contributed by atoms with E-state index >= 15 is 0 Å². The molecule has 4 rings (SSSR count). The van der Waals surface area contributed by atoms with Gasteiger partial charge >= 0.3 is 0 Å². The second-order valence-electron chi connectivity index (χ2n) is 6.77. The van der Waals surface area contributed by atoms with Crippen LogP contribution >= 0.6 is 0 Å². The van der Waals surface area contributed by atoms with Gasteiger partial charge in [-0.2, -0.15) is 4.99 Å². The Balaban J connectivity index is 1.71. The van der Waals surface area contributed by atoms with Crippen LogP contribution in [0.25, 0.3) is 0 Å². The van der Waals surface area contributed by atoms with E-state index in [0.29, 0.717) is 13.1 Å². The number of aliphatic imine (C=N–C) groups is 1. The highest BCUT2D eigenvalue weighted by Gasteiger charge is 2.35. The maximum atomic E-state index is 12.0. The quantitative estimate of drug-likeness (QED) is 0.848. The average Bonchev–Trinajstić information content (AvgIpc) is 3.04. The molecule has 1 amide bonds. The van der Waals surface area contributed by atoms with E-state index in [0.717, 1.165) is 29.5 Å². The molecule has 0 bridgehead atoms. The number of carbonyl (C=O) groups excluding carboxylic acids is 1. The molecular weight excluding hydrogens is 328 g/mol. The summed E-state index contributed by atoms with van der Waals surface area (Å²) in [6.45, 7) is 1.71. The largest absolute Gasteiger partial charge is 0.497 e. The number of hydrogen-bond donors (Lipinski definition) is 0. The van der Waals surface area contributed by atoms with Crippen molar-refractivity contribution in [2.24, 2.45) is 4.99 Å². The summed E-state index contributed by atoms with van der Waals surface area (Å²) in [5.74, 6) is 1.49. The van der Waals surface area contributed by atoms with Crippen molar-refractivity contribution < 1.29 is 9.53 Å². The Morgan fingerprint density at radius 2 is 1.88 bits per heavy atom. The highest BCUT2D eigenvalue weighted by atomic mass is 16.5. The van der Waals surface area contributed by atoms with E-state index in [-0.39, 0.29) is 5.91 Å². The van der Waals surface area contributed by atoms with E-state index in [1.807, 2.05) is 49.3 Å². The van der Waals surface area contributed by atoms with Crippen molar-refractivity contribution in [2.75, 3.05) is 37.5 Å².